The molecule has 1 aromatic carbocycles. The van der Waals surface area contributed by atoms with Gasteiger partial charge in [-0.15, -0.1) is 0 Å². The summed E-state index contributed by atoms with van der Waals surface area (Å²) in [6, 6.07) is 9.79. The quantitative estimate of drug-likeness (QED) is 0.889. The Morgan fingerprint density at radius 1 is 1.35 bits per heavy atom. The maximum atomic E-state index is 12.1. The molecule has 2 N–H and O–H groups in total. The van der Waals surface area contributed by atoms with E-state index >= 15 is 0 Å². The predicted molar refractivity (Wildman–Crippen MR) is 81.9 cm³/mol. The lowest BCUT2D eigenvalue weighted by molar-refractivity contribution is -0.122. The van der Waals surface area contributed by atoms with Crippen LogP contribution in [0.15, 0.2) is 41.1 Å². The average molecular weight is 289 g/mol. The molecule has 1 heterocycles. The SMILES string of the molecule is Cc1cccc(C(C)C(=O)NCC(O)c2ccsc2)c1. The molecule has 0 saturated carbocycles. The van der Waals surface area contributed by atoms with Crippen LogP contribution < -0.4 is 5.32 Å². The summed E-state index contributed by atoms with van der Waals surface area (Å²) in [5.41, 5.74) is 2.98. The van der Waals surface area contributed by atoms with Gasteiger partial charge in [0, 0.05) is 6.54 Å². The summed E-state index contributed by atoms with van der Waals surface area (Å²) >= 11 is 1.53. The molecule has 1 amide bonds. The van der Waals surface area contributed by atoms with E-state index in [1.165, 1.54) is 11.3 Å². The molecule has 106 valence electrons. The van der Waals surface area contributed by atoms with Crippen LogP contribution in [0, 0.1) is 6.92 Å². The first-order valence-electron chi connectivity index (χ1n) is 6.62. The van der Waals surface area contributed by atoms with Crippen LogP contribution in [0.4, 0.5) is 0 Å². The normalized spacial score (nSPS) is 13.8. The van der Waals surface area contributed by atoms with Gasteiger partial charge in [0.05, 0.1) is 12.0 Å². The van der Waals surface area contributed by atoms with Gasteiger partial charge in [0.25, 0.3) is 0 Å². The van der Waals surface area contributed by atoms with Crippen LogP contribution in [0.1, 0.15) is 35.6 Å². The smallest absolute Gasteiger partial charge is 0.227 e. The van der Waals surface area contributed by atoms with Gasteiger partial charge >= 0.3 is 0 Å². The number of aryl methyl sites for hydroxylation is 1. The van der Waals surface area contributed by atoms with Gasteiger partial charge in [0.1, 0.15) is 0 Å². The Kier molecular flexibility index (Phi) is 4.93. The topological polar surface area (TPSA) is 49.3 Å². The standard InChI is InChI=1S/C16H19NO2S/c1-11-4-3-5-13(8-11)12(2)16(19)17-9-15(18)14-6-7-20-10-14/h3-8,10,12,15,18H,9H2,1-2H3,(H,17,19). The maximum absolute atomic E-state index is 12.1. The summed E-state index contributed by atoms with van der Waals surface area (Å²) in [5.74, 6) is -0.283. The fraction of sp³-hybridized carbons (Fsp3) is 0.312. The molecular formula is C16H19NO2S. The van der Waals surface area contributed by atoms with E-state index in [4.69, 9.17) is 0 Å². The lowest BCUT2D eigenvalue weighted by Gasteiger charge is -2.15. The molecule has 0 aliphatic heterocycles. The van der Waals surface area contributed by atoms with E-state index in [2.05, 4.69) is 5.32 Å². The predicted octanol–water partition coefficient (Wildman–Crippen LogP) is 3.01. The van der Waals surface area contributed by atoms with E-state index in [0.717, 1.165) is 16.7 Å². The molecule has 3 nitrogen and oxygen atoms in total. The largest absolute Gasteiger partial charge is 0.387 e. The van der Waals surface area contributed by atoms with Crippen LogP contribution in [-0.2, 0) is 4.79 Å². The van der Waals surface area contributed by atoms with Gasteiger partial charge in [0.2, 0.25) is 5.91 Å². The van der Waals surface area contributed by atoms with Crippen LogP contribution in [0.5, 0.6) is 0 Å². The second-order valence-corrected chi connectivity index (χ2v) is 5.73. The highest BCUT2D eigenvalue weighted by Gasteiger charge is 2.16. The van der Waals surface area contributed by atoms with E-state index in [0.29, 0.717) is 0 Å². The first-order valence-corrected chi connectivity index (χ1v) is 7.56. The summed E-state index contributed by atoms with van der Waals surface area (Å²) in [6.45, 7) is 4.13. The molecule has 2 rings (SSSR count). The third-order valence-electron chi connectivity index (χ3n) is 3.33. The van der Waals surface area contributed by atoms with Crippen LogP contribution in [-0.4, -0.2) is 17.6 Å². The van der Waals surface area contributed by atoms with Gasteiger partial charge in [-0.3, -0.25) is 4.79 Å². The summed E-state index contributed by atoms with van der Waals surface area (Å²) in [5, 5.41) is 16.6. The molecule has 0 aliphatic rings. The molecule has 2 atom stereocenters. The minimum Gasteiger partial charge on any atom is -0.387 e. The zero-order valence-corrected chi connectivity index (χ0v) is 12.5. The molecule has 4 heteroatoms. The number of carbonyl (C=O) groups excluding carboxylic acids is 1. The molecule has 2 aromatic rings. The molecule has 1 aromatic heterocycles. The molecule has 0 saturated heterocycles. The number of rotatable bonds is 5. The van der Waals surface area contributed by atoms with Gasteiger partial charge in [-0.05, 0) is 41.8 Å². The van der Waals surface area contributed by atoms with Crippen molar-refractivity contribution in [3.8, 4) is 0 Å². The number of aliphatic hydroxyl groups excluding tert-OH is 1. The minimum atomic E-state index is -0.644. The lowest BCUT2D eigenvalue weighted by Crippen LogP contribution is -2.31. The van der Waals surface area contributed by atoms with Crippen LogP contribution in [0.25, 0.3) is 0 Å². The molecule has 0 radical (unpaired) electrons. The average Bonchev–Trinajstić information content (AvgIpc) is 2.97. The number of benzene rings is 1. The summed E-state index contributed by atoms with van der Waals surface area (Å²) < 4.78 is 0. The second-order valence-electron chi connectivity index (χ2n) is 4.95. The van der Waals surface area contributed by atoms with Crippen molar-refractivity contribution in [2.75, 3.05) is 6.54 Å². The number of hydrogen-bond acceptors (Lipinski definition) is 3. The Morgan fingerprint density at radius 3 is 2.80 bits per heavy atom. The highest BCUT2D eigenvalue weighted by atomic mass is 32.1. The monoisotopic (exact) mass is 289 g/mol. The molecule has 20 heavy (non-hydrogen) atoms. The van der Waals surface area contributed by atoms with Crippen molar-refractivity contribution < 1.29 is 9.90 Å². The number of nitrogens with one attached hydrogen (secondary N) is 1. The fourth-order valence-corrected chi connectivity index (χ4v) is 2.73. The van der Waals surface area contributed by atoms with E-state index in [9.17, 15) is 9.90 Å². The minimum absolute atomic E-state index is 0.0649. The van der Waals surface area contributed by atoms with E-state index in [1.807, 2.05) is 54.9 Å². The van der Waals surface area contributed by atoms with Crippen molar-refractivity contribution in [2.24, 2.45) is 0 Å². The number of aliphatic hydroxyl groups is 1. The van der Waals surface area contributed by atoms with Crippen molar-refractivity contribution in [3.63, 3.8) is 0 Å². The van der Waals surface area contributed by atoms with Crippen molar-refractivity contribution in [2.45, 2.75) is 25.9 Å². The Morgan fingerprint density at radius 2 is 2.15 bits per heavy atom. The van der Waals surface area contributed by atoms with E-state index < -0.39 is 6.10 Å². The number of hydrogen-bond donors (Lipinski definition) is 2. The zero-order chi connectivity index (χ0) is 14.5. The Hall–Kier alpha value is -1.65. The van der Waals surface area contributed by atoms with Gasteiger partial charge in [-0.2, -0.15) is 11.3 Å². The number of amides is 1. The molecule has 0 aliphatic carbocycles. The summed E-state index contributed by atoms with van der Waals surface area (Å²) in [7, 11) is 0. The third kappa shape index (κ3) is 3.68. The maximum Gasteiger partial charge on any atom is 0.227 e. The highest BCUT2D eigenvalue weighted by molar-refractivity contribution is 7.07. The van der Waals surface area contributed by atoms with Crippen molar-refractivity contribution in [3.05, 3.63) is 57.8 Å². The highest BCUT2D eigenvalue weighted by Crippen LogP contribution is 2.18. The summed E-state index contributed by atoms with van der Waals surface area (Å²) in [4.78, 5) is 12.1. The Balaban J connectivity index is 1.91. The third-order valence-corrected chi connectivity index (χ3v) is 4.03. The Labute approximate surface area is 123 Å². The number of thiophene rings is 1. The first-order chi connectivity index (χ1) is 9.58. The van der Waals surface area contributed by atoms with Gasteiger partial charge in [-0.25, -0.2) is 0 Å². The molecule has 0 spiro atoms. The van der Waals surface area contributed by atoms with Gasteiger partial charge < -0.3 is 10.4 Å². The zero-order valence-electron chi connectivity index (χ0n) is 11.7. The molecular weight excluding hydrogens is 270 g/mol. The van der Waals surface area contributed by atoms with Crippen LogP contribution in [0.2, 0.25) is 0 Å². The van der Waals surface area contributed by atoms with E-state index in [-0.39, 0.29) is 18.4 Å². The fourth-order valence-electron chi connectivity index (χ4n) is 2.02. The molecule has 0 bridgehead atoms. The first kappa shape index (κ1) is 14.8. The summed E-state index contributed by atoms with van der Waals surface area (Å²) in [6.07, 6.45) is -0.644. The molecule has 2 unspecified atom stereocenters. The van der Waals surface area contributed by atoms with Crippen molar-refractivity contribution in [1.82, 2.24) is 5.32 Å². The van der Waals surface area contributed by atoms with Crippen molar-refractivity contribution >= 4 is 17.2 Å². The number of carbonyl (C=O) groups is 1. The lowest BCUT2D eigenvalue weighted by atomic mass is 9.98. The van der Waals surface area contributed by atoms with Gasteiger partial charge in [0.15, 0.2) is 0 Å². The molecule has 0 fully saturated rings. The van der Waals surface area contributed by atoms with Crippen LogP contribution >= 0.6 is 11.3 Å². The second kappa shape index (κ2) is 6.68. The van der Waals surface area contributed by atoms with E-state index in [1.54, 1.807) is 0 Å². The van der Waals surface area contributed by atoms with Crippen molar-refractivity contribution in [1.29, 1.82) is 0 Å². The van der Waals surface area contributed by atoms with Crippen LogP contribution in [0.3, 0.4) is 0 Å². The Bertz CT molecular complexity index is 566. The van der Waals surface area contributed by atoms with Gasteiger partial charge in [-0.1, -0.05) is 29.8 Å².